The molecule has 2 nitrogen and oxygen atoms in total. The van der Waals surface area contributed by atoms with Crippen molar-refractivity contribution >= 4 is 17.6 Å². The van der Waals surface area contributed by atoms with Crippen LogP contribution in [0, 0.1) is 13.8 Å². The van der Waals surface area contributed by atoms with E-state index in [0.717, 1.165) is 11.1 Å². The molecule has 0 radical (unpaired) electrons. The number of rotatable bonds is 1. The molecule has 0 aliphatic heterocycles. The monoisotopic (exact) mass is 212 g/mol. The number of aryl methyl sites for hydroxylation is 2. The van der Waals surface area contributed by atoms with Crippen molar-refractivity contribution in [1.82, 2.24) is 0 Å². The Morgan fingerprint density at radius 1 is 1.00 bits per heavy atom. The summed E-state index contributed by atoms with van der Waals surface area (Å²) in [4.78, 5) is 22.8. The molecule has 1 aliphatic carbocycles. The average molecular weight is 212 g/mol. The highest BCUT2D eigenvalue weighted by molar-refractivity contribution is 6.35. The lowest BCUT2D eigenvalue weighted by molar-refractivity contribution is -0.115. The molecular weight excluding hydrogens is 200 g/mol. The van der Waals surface area contributed by atoms with Crippen molar-refractivity contribution in [2.45, 2.75) is 13.8 Å². The summed E-state index contributed by atoms with van der Waals surface area (Å²) in [6.07, 6.45) is 4.30. The van der Waals surface area contributed by atoms with Crippen LogP contribution < -0.4 is 0 Å². The number of allylic oxidation sites excluding steroid dienone is 3. The fourth-order valence-electron chi connectivity index (χ4n) is 1.74. The second kappa shape index (κ2) is 3.89. The van der Waals surface area contributed by atoms with Gasteiger partial charge in [-0.05, 0) is 43.2 Å². The van der Waals surface area contributed by atoms with Gasteiger partial charge in [-0.1, -0.05) is 23.8 Å². The van der Waals surface area contributed by atoms with Crippen molar-refractivity contribution in [3.05, 3.63) is 52.6 Å². The predicted octanol–water partition coefficient (Wildman–Crippen LogP) is 2.39. The van der Waals surface area contributed by atoms with Crippen molar-refractivity contribution in [3.63, 3.8) is 0 Å². The van der Waals surface area contributed by atoms with Crippen molar-refractivity contribution < 1.29 is 9.59 Å². The van der Waals surface area contributed by atoms with Gasteiger partial charge >= 0.3 is 0 Å². The van der Waals surface area contributed by atoms with E-state index in [1.165, 1.54) is 17.7 Å². The Kier molecular flexibility index (Phi) is 2.57. The zero-order valence-corrected chi connectivity index (χ0v) is 9.28. The van der Waals surface area contributed by atoms with E-state index in [2.05, 4.69) is 0 Å². The first-order chi connectivity index (χ1) is 7.58. The van der Waals surface area contributed by atoms with E-state index in [-0.39, 0.29) is 17.1 Å². The van der Waals surface area contributed by atoms with Gasteiger partial charge in [0, 0.05) is 0 Å². The Morgan fingerprint density at radius 3 is 2.19 bits per heavy atom. The number of carbonyl (C=O) groups is 2. The summed E-state index contributed by atoms with van der Waals surface area (Å²) >= 11 is 0. The van der Waals surface area contributed by atoms with Gasteiger partial charge in [-0.3, -0.25) is 9.59 Å². The van der Waals surface area contributed by atoms with Crippen LogP contribution >= 0.6 is 0 Å². The van der Waals surface area contributed by atoms with Gasteiger partial charge in [-0.2, -0.15) is 0 Å². The summed E-state index contributed by atoms with van der Waals surface area (Å²) in [5.74, 6) is -0.407. The molecule has 1 aromatic rings. The molecule has 2 heteroatoms. The second-order valence-corrected chi connectivity index (χ2v) is 3.98. The lowest BCUT2D eigenvalue weighted by Gasteiger charge is -2.02. The molecule has 0 unspecified atom stereocenters. The van der Waals surface area contributed by atoms with Crippen LogP contribution in [-0.2, 0) is 9.59 Å². The molecule has 0 spiro atoms. The quantitative estimate of drug-likeness (QED) is 0.529. The van der Waals surface area contributed by atoms with Gasteiger partial charge < -0.3 is 0 Å². The minimum Gasteiger partial charge on any atom is -0.289 e. The van der Waals surface area contributed by atoms with Crippen molar-refractivity contribution in [2.75, 3.05) is 0 Å². The first kappa shape index (κ1) is 10.6. The van der Waals surface area contributed by atoms with Gasteiger partial charge in [-0.15, -0.1) is 0 Å². The van der Waals surface area contributed by atoms with Gasteiger partial charge in [0.05, 0.1) is 5.57 Å². The largest absolute Gasteiger partial charge is 0.289 e. The van der Waals surface area contributed by atoms with E-state index >= 15 is 0 Å². The smallest absolute Gasteiger partial charge is 0.189 e. The molecule has 0 saturated carbocycles. The molecule has 16 heavy (non-hydrogen) atoms. The molecule has 0 saturated heterocycles. The van der Waals surface area contributed by atoms with Crippen LogP contribution in [0.4, 0.5) is 0 Å². The Morgan fingerprint density at radius 2 is 1.62 bits per heavy atom. The van der Waals surface area contributed by atoms with Gasteiger partial charge in [0.15, 0.2) is 11.6 Å². The Balaban J connectivity index is 2.44. The predicted molar refractivity (Wildman–Crippen MR) is 63.0 cm³/mol. The SMILES string of the molecule is Cc1ccc(C=C2C(=O)C=CC2=O)c(C)c1. The molecule has 0 aromatic heterocycles. The molecule has 1 aliphatic rings. The molecular formula is C14H12O2. The average Bonchev–Trinajstić information content (AvgIpc) is 2.53. The summed E-state index contributed by atoms with van der Waals surface area (Å²) in [5, 5.41) is 0. The maximum Gasteiger partial charge on any atom is 0.189 e. The highest BCUT2D eigenvalue weighted by Crippen LogP contribution is 2.18. The number of benzene rings is 1. The van der Waals surface area contributed by atoms with Crippen LogP contribution in [0.25, 0.3) is 6.08 Å². The fourth-order valence-corrected chi connectivity index (χ4v) is 1.74. The Hall–Kier alpha value is -1.96. The molecule has 0 N–H and O–H groups in total. The van der Waals surface area contributed by atoms with Gasteiger partial charge in [-0.25, -0.2) is 0 Å². The summed E-state index contributed by atoms with van der Waals surface area (Å²) in [6.45, 7) is 3.98. The Bertz CT molecular complexity index is 514. The standard InChI is InChI=1S/C14H12O2/c1-9-3-4-11(10(2)7-9)8-12-13(15)5-6-14(12)16/h3-8H,1-2H3. The van der Waals surface area contributed by atoms with Crippen LogP contribution in [0.3, 0.4) is 0 Å². The normalized spacial score (nSPS) is 14.8. The first-order valence-electron chi connectivity index (χ1n) is 5.13. The number of ketones is 2. The zero-order valence-electron chi connectivity index (χ0n) is 9.28. The van der Waals surface area contributed by atoms with Crippen LogP contribution in [0.5, 0.6) is 0 Å². The molecule has 2 rings (SSSR count). The van der Waals surface area contributed by atoms with E-state index in [0.29, 0.717) is 0 Å². The molecule has 0 atom stereocenters. The summed E-state index contributed by atoms with van der Waals surface area (Å²) < 4.78 is 0. The highest BCUT2D eigenvalue weighted by atomic mass is 16.2. The lowest BCUT2D eigenvalue weighted by Crippen LogP contribution is -2.00. The van der Waals surface area contributed by atoms with Gasteiger partial charge in [0.1, 0.15) is 0 Å². The second-order valence-electron chi connectivity index (χ2n) is 3.98. The van der Waals surface area contributed by atoms with Crippen LogP contribution in [0.15, 0.2) is 35.9 Å². The third-order valence-electron chi connectivity index (χ3n) is 2.64. The summed E-state index contributed by atoms with van der Waals surface area (Å²) in [6, 6.07) is 5.93. The summed E-state index contributed by atoms with van der Waals surface area (Å²) in [7, 11) is 0. The summed E-state index contributed by atoms with van der Waals surface area (Å²) in [5.41, 5.74) is 3.42. The molecule has 80 valence electrons. The van der Waals surface area contributed by atoms with E-state index in [1.807, 2.05) is 32.0 Å². The van der Waals surface area contributed by atoms with E-state index < -0.39 is 0 Å². The van der Waals surface area contributed by atoms with E-state index in [1.54, 1.807) is 6.08 Å². The highest BCUT2D eigenvalue weighted by Gasteiger charge is 2.19. The van der Waals surface area contributed by atoms with Crippen molar-refractivity contribution in [3.8, 4) is 0 Å². The number of hydrogen-bond acceptors (Lipinski definition) is 2. The number of hydrogen-bond donors (Lipinski definition) is 0. The minimum absolute atomic E-state index is 0.204. The van der Waals surface area contributed by atoms with E-state index in [9.17, 15) is 9.59 Å². The van der Waals surface area contributed by atoms with Gasteiger partial charge in [0.2, 0.25) is 0 Å². The third kappa shape index (κ3) is 1.87. The van der Waals surface area contributed by atoms with Gasteiger partial charge in [0.25, 0.3) is 0 Å². The maximum absolute atomic E-state index is 11.4. The topological polar surface area (TPSA) is 34.1 Å². The third-order valence-corrected chi connectivity index (χ3v) is 2.64. The fraction of sp³-hybridized carbons (Fsp3) is 0.143. The lowest BCUT2D eigenvalue weighted by atomic mass is 10.0. The van der Waals surface area contributed by atoms with Crippen LogP contribution in [0.1, 0.15) is 16.7 Å². The molecule has 1 aromatic carbocycles. The first-order valence-corrected chi connectivity index (χ1v) is 5.13. The Labute approximate surface area is 94.3 Å². The molecule has 0 amide bonds. The minimum atomic E-state index is -0.204. The van der Waals surface area contributed by atoms with E-state index in [4.69, 9.17) is 0 Å². The maximum atomic E-state index is 11.4. The van der Waals surface area contributed by atoms with Crippen LogP contribution in [-0.4, -0.2) is 11.6 Å². The molecule has 0 heterocycles. The molecule has 0 fully saturated rings. The van der Waals surface area contributed by atoms with Crippen molar-refractivity contribution in [1.29, 1.82) is 0 Å². The zero-order chi connectivity index (χ0) is 11.7. The van der Waals surface area contributed by atoms with Crippen molar-refractivity contribution in [2.24, 2.45) is 0 Å². The van der Waals surface area contributed by atoms with Crippen LogP contribution in [0.2, 0.25) is 0 Å². The number of carbonyl (C=O) groups excluding carboxylic acids is 2. The molecule has 0 bridgehead atoms.